The van der Waals surface area contributed by atoms with E-state index < -0.39 is 5.97 Å². The van der Waals surface area contributed by atoms with Gasteiger partial charge in [0, 0.05) is 5.39 Å². The van der Waals surface area contributed by atoms with Gasteiger partial charge in [0.25, 0.3) is 0 Å². The van der Waals surface area contributed by atoms with E-state index >= 15 is 0 Å². The molecule has 0 aliphatic carbocycles. The first-order chi connectivity index (χ1) is 7.22. The molecule has 0 aliphatic rings. The van der Waals surface area contributed by atoms with E-state index in [1.165, 1.54) is 13.4 Å². The van der Waals surface area contributed by atoms with E-state index in [2.05, 4.69) is 14.7 Å². The Hall–Kier alpha value is -1.88. The van der Waals surface area contributed by atoms with Crippen LogP contribution in [-0.4, -0.2) is 23.0 Å². The second-order valence-electron chi connectivity index (χ2n) is 2.98. The number of esters is 1. The Labute approximate surface area is 98.1 Å². The maximum atomic E-state index is 11.3. The van der Waals surface area contributed by atoms with Crippen molar-refractivity contribution in [1.29, 1.82) is 0 Å². The highest BCUT2D eigenvalue weighted by Crippen LogP contribution is 2.18. The molecule has 1 heterocycles. The van der Waals surface area contributed by atoms with Crippen molar-refractivity contribution in [2.75, 3.05) is 12.8 Å². The largest absolute Gasteiger partial charge is 0.465 e. The molecule has 0 saturated heterocycles. The third kappa shape index (κ3) is 2.04. The van der Waals surface area contributed by atoms with Crippen LogP contribution in [0, 0.1) is 0 Å². The van der Waals surface area contributed by atoms with E-state index in [0.717, 1.165) is 0 Å². The highest BCUT2D eigenvalue weighted by molar-refractivity contribution is 5.97. The van der Waals surface area contributed by atoms with Gasteiger partial charge in [0.2, 0.25) is 0 Å². The van der Waals surface area contributed by atoms with Gasteiger partial charge in [0.1, 0.15) is 12.1 Å². The molecule has 2 N–H and O–H groups in total. The van der Waals surface area contributed by atoms with Gasteiger partial charge in [-0.2, -0.15) is 0 Å². The number of fused-ring (bicyclic) bond motifs is 1. The lowest BCUT2D eigenvalue weighted by molar-refractivity contribution is 0.0601. The first kappa shape index (κ1) is 12.2. The standard InChI is InChI=1S/C10H9N3O2.ClH/c1-15-10(14)6-2-3-8-7(4-6)9(11)13-5-12-8;/h2-5H,1H3,(H2,11,12,13);1H. The van der Waals surface area contributed by atoms with Crippen LogP contribution in [0.5, 0.6) is 0 Å². The van der Waals surface area contributed by atoms with Crippen molar-refractivity contribution in [3.63, 3.8) is 0 Å². The number of nitrogens with two attached hydrogens (primary N) is 1. The summed E-state index contributed by atoms with van der Waals surface area (Å²) >= 11 is 0. The molecule has 2 aromatic rings. The topological polar surface area (TPSA) is 78.1 Å². The normalized spacial score (nSPS) is 9.56. The van der Waals surface area contributed by atoms with E-state index in [9.17, 15) is 4.79 Å². The van der Waals surface area contributed by atoms with Gasteiger partial charge in [0.15, 0.2) is 0 Å². The second-order valence-corrected chi connectivity index (χ2v) is 2.98. The van der Waals surface area contributed by atoms with Crippen molar-refractivity contribution in [3.05, 3.63) is 30.1 Å². The molecule has 0 radical (unpaired) electrons. The van der Waals surface area contributed by atoms with Crippen LogP contribution in [0.3, 0.4) is 0 Å². The molecule has 0 unspecified atom stereocenters. The molecular formula is C10H10ClN3O2. The molecule has 0 saturated carbocycles. The summed E-state index contributed by atoms with van der Waals surface area (Å²) in [6, 6.07) is 4.97. The fraction of sp³-hybridized carbons (Fsp3) is 0.100. The molecule has 0 aliphatic heterocycles. The van der Waals surface area contributed by atoms with Crippen molar-refractivity contribution in [2.45, 2.75) is 0 Å². The number of aromatic nitrogens is 2. The first-order valence-electron chi connectivity index (χ1n) is 4.31. The maximum Gasteiger partial charge on any atom is 0.337 e. The third-order valence-corrected chi connectivity index (χ3v) is 2.09. The number of rotatable bonds is 1. The molecule has 0 fully saturated rings. The average molecular weight is 240 g/mol. The zero-order valence-corrected chi connectivity index (χ0v) is 9.32. The molecule has 1 aromatic heterocycles. The summed E-state index contributed by atoms with van der Waals surface area (Å²) in [7, 11) is 1.33. The maximum absolute atomic E-state index is 11.3. The summed E-state index contributed by atoms with van der Waals surface area (Å²) in [6.45, 7) is 0. The number of hydrogen-bond donors (Lipinski definition) is 1. The van der Waals surface area contributed by atoms with Crippen molar-refractivity contribution in [1.82, 2.24) is 9.97 Å². The Bertz CT molecular complexity index is 530. The van der Waals surface area contributed by atoms with E-state index in [4.69, 9.17) is 5.73 Å². The number of nitrogen functional groups attached to an aromatic ring is 1. The molecule has 0 amide bonds. The van der Waals surface area contributed by atoms with Crippen LogP contribution < -0.4 is 5.73 Å². The van der Waals surface area contributed by atoms with Crippen LogP contribution in [0.4, 0.5) is 5.82 Å². The monoisotopic (exact) mass is 239 g/mol. The van der Waals surface area contributed by atoms with Crippen LogP contribution in [-0.2, 0) is 4.74 Å². The fourth-order valence-corrected chi connectivity index (χ4v) is 1.32. The lowest BCUT2D eigenvalue weighted by Crippen LogP contribution is -2.02. The molecule has 6 heteroatoms. The molecular weight excluding hydrogens is 230 g/mol. The highest BCUT2D eigenvalue weighted by Gasteiger charge is 2.07. The lowest BCUT2D eigenvalue weighted by Gasteiger charge is -2.02. The zero-order valence-electron chi connectivity index (χ0n) is 8.51. The number of anilines is 1. The van der Waals surface area contributed by atoms with E-state index in [1.54, 1.807) is 18.2 Å². The Kier molecular flexibility index (Phi) is 3.63. The van der Waals surface area contributed by atoms with Gasteiger partial charge in [-0.1, -0.05) is 0 Å². The molecule has 0 atom stereocenters. The van der Waals surface area contributed by atoms with Crippen LogP contribution in [0.15, 0.2) is 24.5 Å². The summed E-state index contributed by atoms with van der Waals surface area (Å²) in [4.78, 5) is 19.1. The number of benzene rings is 1. The molecule has 0 bridgehead atoms. The van der Waals surface area contributed by atoms with Crippen LogP contribution in [0.1, 0.15) is 10.4 Å². The molecule has 16 heavy (non-hydrogen) atoms. The number of hydrogen-bond acceptors (Lipinski definition) is 5. The van der Waals surface area contributed by atoms with Gasteiger partial charge in [-0.3, -0.25) is 0 Å². The molecule has 2 rings (SSSR count). The van der Waals surface area contributed by atoms with Gasteiger partial charge in [0.05, 0.1) is 18.2 Å². The van der Waals surface area contributed by atoms with Gasteiger partial charge < -0.3 is 10.5 Å². The van der Waals surface area contributed by atoms with Crippen LogP contribution >= 0.6 is 12.4 Å². The lowest BCUT2D eigenvalue weighted by atomic mass is 10.1. The predicted molar refractivity (Wildman–Crippen MR) is 62.5 cm³/mol. The number of carbonyl (C=O) groups excluding carboxylic acids is 1. The van der Waals surface area contributed by atoms with Crippen LogP contribution in [0.2, 0.25) is 0 Å². The number of ether oxygens (including phenoxy) is 1. The third-order valence-electron chi connectivity index (χ3n) is 2.09. The minimum absolute atomic E-state index is 0. The summed E-state index contributed by atoms with van der Waals surface area (Å²) in [5.41, 5.74) is 6.80. The summed E-state index contributed by atoms with van der Waals surface area (Å²) in [5, 5.41) is 0.653. The van der Waals surface area contributed by atoms with Gasteiger partial charge in [-0.15, -0.1) is 12.4 Å². The Balaban J connectivity index is 0.00000128. The van der Waals surface area contributed by atoms with E-state index in [1.807, 2.05) is 0 Å². The Morgan fingerprint density at radius 2 is 2.12 bits per heavy atom. The Morgan fingerprint density at radius 1 is 1.38 bits per heavy atom. The molecule has 0 spiro atoms. The van der Waals surface area contributed by atoms with Gasteiger partial charge >= 0.3 is 5.97 Å². The fourth-order valence-electron chi connectivity index (χ4n) is 1.32. The van der Waals surface area contributed by atoms with Crippen molar-refractivity contribution >= 4 is 35.1 Å². The SMILES string of the molecule is COC(=O)c1ccc2ncnc(N)c2c1.Cl. The van der Waals surface area contributed by atoms with Crippen molar-refractivity contribution in [3.8, 4) is 0 Å². The summed E-state index contributed by atoms with van der Waals surface area (Å²) in [5.74, 6) is -0.0501. The smallest absolute Gasteiger partial charge is 0.337 e. The summed E-state index contributed by atoms with van der Waals surface area (Å²) in [6.07, 6.45) is 1.38. The minimum Gasteiger partial charge on any atom is -0.465 e. The predicted octanol–water partition coefficient (Wildman–Crippen LogP) is 1.42. The first-order valence-corrected chi connectivity index (χ1v) is 4.31. The van der Waals surface area contributed by atoms with Crippen molar-refractivity contribution in [2.24, 2.45) is 0 Å². The second kappa shape index (κ2) is 4.76. The quantitative estimate of drug-likeness (QED) is 0.762. The minimum atomic E-state index is -0.403. The van der Waals surface area contributed by atoms with Gasteiger partial charge in [-0.25, -0.2) is 14.8 Å². The molecule has 84 valence electrons. The molecule has 1 aromatic carbocycles. The van der Waals surface area contributed by atoms with Crippen LogP contribution in [0.25, 0.3) is 10.9 Å². The average Bonchev–Trinajstić information content (AvgIpc) is 2.28. The number of nitrogens with zero attached hydrogens (tertiary/aromatic N) is 2. The number of methoxy groups -OCH3 is 1. The van der Waals surface area contributed by atoms with E-state index in [0.29, 0.717) is 22.3 Å². The zero-order chi connectivity index (χ0) is 10.8. The van der Waals surface area contributed by atoms with Gasteiger partial charge in [-0.05, 0) is 18.2 Å². The number of carbonyl (C=O) groups is 1. The molecule has 5 nitrogen and oxygen atoms in total. The van der Waals surface area contributed by atoms with E-state index in [-0.39, 0.29) is 12.4 Å². The van der Waals surface area contributed by atoms with Crippen molar-refractivity contribution < 1.29 is 9.53 Å². The highest BCUT2D eigenvalue weighted by atomic mass is 35.5. The summed E-state index contributed by atoms with van der Waals surface area (Å²) < 4.78 is 4.60. The number of halogens is 1. The Morgan fingerprint density at radius 3 is 2.81 bits per heavy atom.